The molecular weight excluding hydrogens is 242 g/mol. The molecule has 76 valence electrons. The first kappa shape index (κ1) is 11.2. The van der Waals surface area contributed by atoms with Crippen LogP contribution in [0.4, 0.5) is 0 Å². The zero-order valence-electron chi connectivity index (χ0n) is 8.42. The van der Waals surface area contributed by atoms with E-state index in [4.69, 9.17) is 0 Å². The van der Waals surface area contributed by atoms with E-state index in [-0.39, 0.29) is 0 Å². The summed E-state index contributed by atoms with van der Waals surface area (Å²) in [6.07, 6.45) is 0. The monoisotopic (exact) mass is 255 g/mol. The van der Waals surface area contributed by atoms with E-state index in [2.05, 4.69) is 31.4 Å². The molecule has 0 spiro atoms. The SMILES string of the molecule is CCN/N=C(\CBr)c1cccc(C)n1. The molecule has 1 N–H and O–H groups in total. The van der Waals surface area contributed by atoms with Crippen LogP contribution < -0.4 is 5.43 Å². The second-order valence-electron chi connectivity index (χ2n) is 2.87. The molecule has 0 amide bonds. The number of alkyl halides is 1. The highest BCUT2D eigenvalue weighted by Crippen LogP contribution is 2.02. The third-order valence-electron chi connectivity index (χ3n) is 1.68. The van der Waals surface area contributed by atoms with Crippen LogP contribution in [0.1, 0.15) is 18.3 Å². The molecule has 0 unspecified atom stereocenters. The molecule has 0 aliphatic rings. The molecule has 0 aliphatic carbocycles. The van der Waals surface area contributed by atoms with Crippen LogP contribution in [-0.2, 0) is 0 Å². The van der Waals surface area contributed by atoms with E-state index < -0.39 is 0 Å². The third-order valence-corrected chi connectivity index (χ3v) is 2.21. The molecule has 4 heteroatoms. The lowest BCUT2D eigenvalue weighted by Gasteiger charge is -2.03. The smallest absolute Gasteiger partial charge is 0.0964 e. The van der Waals surface area contributed by atoms with E-state index in [1.54, 1.807) is 0 Å². The molecule has 0 saturated carbocycles. The molecule has 1 rings (SSSR count). The summed E-state index contributed by atoms with van der Waals surface area (Å²) in [5.74, 6) is 0. The highest BCUT2D eigenvalue weighted by Gasteiger charge is 2.02. The number of hydrogen-bond donors (Lipinski definition) is 1. The predicted octanol–water partition coefficient (Wildman–Crippen LogP) is 2.10. The summed E-state index contributed by atoms with van der Waals surface area (Å²) in [6, 6.07) is 5.93. The molecule has 0 aromatic carbocycles. The minimum absolute atomic E-state index is 0.705. The number of aryl methyl sites for hydroxylation is 1. The van der Waals surface area contributed by atoms with Crippen molar-refractivity contribution < 1.29 is 0 Å². The highest BCUT2D eigenvalue weighted by atomic mass is 79.9. The minimum Gasteiger partial charge on any atom is -0.310 e. The average molecular weight is 256 g/mol. The number of rotatable bonds is 4. The Balaban J connectivity index is 2.89. The topological polar surface area (TPSA) is 37.3 Å². The third kappa shape index (κ3) is 3.10. The standard InChI is InChI=1S/C10H14BrN3/c1-3-12-14-10(7-11)9-6-4-5-8(2)13-9/h4-6,12H,3,7H2,1-2H3/b14-10+. The average Bonchev–Trinajstić information content (AvgIpc) is 2.19. The fourth-order valence-corrected chi connectivity index (χ4v) is 1.45. The first-order valence-corrected chi connectivity index (χ1v) is 5.69. The van der Waals surface area contributed by atoms with E-state index >= 15 is 0 Å². The van der Waals surface area contributed by atoms with Crippen LogP contribution in [-0.4, -0.2) is 22.6 Å². The Hall–Kier alpha value is -0.900. The lowest BCUT2D eigenvalue weighted by molar-refractivity contribution is 0.782. The maximum Gasteiger partial charge on any atom is 0.0964 e. The highest BCUT2D eigenvalue weighted by molar-refractivity contribution is 9.09. The van der Waals surface area contributed by atoms with Crippen molar-refractivity contribution in [1.82, 2.24) is 10.4 Å². The van der Waals surface area contributed by atoms with Gasteiger partial charge in [-0.25, -0.2) is 0 Å². The second-order valence-corrected chi connectivity index (χ2v) is 3.43. The summed E-state index contributed by atoms with van der Waals surface area (Å²) < 4.78 is 0. The van der Waals surface area contributed by atoms with Crippen LogP contribution in [0.2, 0.25) is 0 Å². The first-order valence-electron chi connectivity index (χ1n) is 4.57. The van der Waals surface area contributed by atoms with Gasteiger partial charge in [0.1, 0.15) is 0 Å². The molecule has 3 nitrogen and oxygen atoms in total. The molecular formula is C10H14BrN3. The van der Waals surface area contributed by atoms with Crippen molar-refractivity contribution in [2.45, 2.75) is 13.8 Å². The number of nitrogens with one attached hydrogen (secondary N) is 1. The molecule has 1 aromatic heterocycles. The predicted molar refractivity (Wildman–Crippen MR) is 63.0 cm³/mol. The van der Waals surface area contributed by atoms with Crippen molar-refractivity contribution in [3.8, 4) is 0 Å². The molecule has 0 atom stereocenters. The van der Waals surface area contributed by atoms with Gasteiger partial charge in [0, 0.05) is 17.6 Å². The Labute approximate surface area is 92.8 Å². The first-order chi connectivity index (χ1) is 6.77. The van der Waals surface area contributed by atoms with Gasteiger partial charge in [-0.15, -0.1) is 0 Å². The van der Waals surface area contributed by atoms with Gasteiger partial charge in [0.2, 0.25) is 0 Å². The summed E-state index contributed by atoms with van der Waals surface area (Å²) in [5, 5.41) is 4.93. The van der Waals surface area contributed by atoms with E-state index in [9.17, 15) is 0 Å². The van der Waals surface area contributed by atoms with Crippen LogP contribution in [0.3, 0.4) is 0 Å². The van der Waals surface area contributed by atoms with Gasteiger partial charge in [0.25, 0.3) is 0 Å². The number of hydrogen-bond acceptors (Lipinski definition) is 3. The van der Waals surface area contributed by atoms with Crippen molar-refractivity contribution >= 4 is 21.6 Å². The molecule has 1 aromatic rings. The van der Waals surface area contributed by atoms with E-state index in [0.29, 0.717) is 5.33 Å². The number of halogens is 1. The van der Waals surface area contributed by atoms with Gasteiger partial charge >= 0.3 is 0 Å². The van der Waals surface area contributed by atoms with Crippen LogP contribution >= 0.6 is 15.9 Å². The molecule has 0 aliphatic heterocycles. The molecule has 1 heterocycles. The van der Waals surface area contributed by atoms with Crippen LogP contribution in [0.5, 0.6) is 0 Å². The Morgan fingerprint density at radius 2 is 2.36 bits per heavy atom. The van der Waals surface area contributed by atoms with Crippen LogP contribution in [0.25, 0.3) is 0 Å². The fraction of sp³-hybridized carbons (Fsp3) is 0.400. The van der Waals surface area contributed by atoms with Crippen LogP contribution in [0.15, 0.2) is 23.3 Å². The molecule has 0 bridgehead atoms. The summed E-state index contributed by atoms with van der Waals surface area (Å²) in [5.41, 5.74) is 5.79. The number of pyridine rings is 1. The van der Waals surface area contributed by atoms with E-state index in [1.807, 2.05) is 32.0 Å². The van der Waals surface area contributed by atoms with Crippen molar-refractivity contribution in [3.63, 3.8) is 0 Å². The fourth-order valence-electron chi connectivity index (χ4n) is 1.03. The summed E-state index contributed by atoms with van der Waals surface area (Å²) >= 11 is 3.40. The zero-order valence-corrected chi connectivity index (χ0v) is 10.0. The number of hydrazone groups is 1. The van der Waals surface area contributed by atoms with Gasteiger partial charge in [-0.05, 0) is 26.0 Å². The van der Waals surface area contributed by atoms with Crippen molar-refractivity contribution in [2.24, 2.45) is 5.10 Å². The van der Waals surface area contributed by atoms with Gasteiger partial charge < -0.3 is 5.43 Å². The molecule has 0 radical (unpaired) electrons. The summed E-state index contributed by atoms with van der Waals surface area (Å²) in [6.45, 7) is 4.81. The van der Waals surface area contributed by atoms with Crippen molar-refractivity contribution in [3.05, 3.63) is 29.6 Å². The largest absolute Gasteiger partial charge is 0.310 e. The van der Waals surface area contributed by atoms with Gasteiger partial charge in [0.05, 0.1) is 11.4 Å². The van der Waals surface area contributed by atoms with E-state index in [0.717, 1.165) is 23.6 Å². The molecule has 0 fully saturated rings. The van der Waals surface area contributed by atoms with Crippen molar-refractivity contribution in [1.29, 1.82) is 0 Å². The van der Waals surface area contributed by atoms with Crippen molar-refractivity contribution in [2.75, 3.05) is 11.9 Å². The second kappa shape index (κ2) is 5.75. The van der Waals surface area contributed by atoms with Gasteiger partial charge in [-0.1, -0.05) is 22.0 Å². The lowest BCUT2D eigenvalue weighted by atomic mass is 10.2. The quantitative estimate of drug-likeness (QED) is 0.509. The maximum absolute atomic E-state index is 4.40. The normalized spacial score (nSPS) is 11.5. The molecule has 14 heavy (non-hydrogen) atoms. The Morgan fingerprint density at radius 1 is 1.57 bits per heavy atom. The van der Waals surface area contributed by atoms with Crippen LogP contribution in [0, 0.1) is 6.92 Å². The Kier molecular flexibility index (Phi) is 4.59. The Morgan fingerprint density at radius 3 is 2.93 bits per heavy atom. The lowest BCUT2D eigenvalue weighted by Crippen LogP contribution is -2.13. The van der Waals surface area contributed by atoms with Gasteiger partial charge in [-0.3, -0.25) is 4.98 Å². The maximum atomic E-state index is 4.40. The molecule has 0 saturated heterocycles. The Bertz CT molecular complexity index is 323. The minimum atomic E-state index is 0.705. The summed E-state index contributed by atoms with van der Waals surface area (Å²) in [7, 11) is 0. The van der Waals surface area contributed by atoms with Gasteiger partial charge in [-0.2, -0.15) is 5.10 Å². The summed E-state index contributed by atoms with van der Waals surface area (Å²) in [4.78, 5) is 4.40. The number of aromatic nitrogens is 1. The van der Waals surface area contributed by atoms with Gasteiger partial charge in [0.15, 0.2) is 0 Å². The zero-order chi connectivity index (χ0) is 10.4. The number of nitrogens with zero attached hydrogens (tertiary/aromatic N) is 2. The van der Waals surface area contributed by atoms with E-state index in [1.165, 1.54) is 0 Å².